The van der Waals surface area contributed by atoms with Gasteiger partial charge in [0, 0.05) is 16.2 Å². The van der Waals surface area contributed by atoms with Gasteiger partial charge in [0.2, 0.25) is 0 Å². The second kappa shape index (κ2) is 5.89. The van der Waals surface area contributed by atoms with Crippen LogP contribution in [-0.4, -0.2) is 5.24 Å². The molecule has 0 aliphatic heterocycles. The van der Waals surface area contributed by atoms with E-state index in [0.717, 1.165) is 11.3 Å². The number of carbonyl (C=O) groups excluding carboxylic acids is 1. The van der Waals surface area contributed by atoms with Crippen molar-refractivity contribution in [2.75, 3.05) is 0 Å². The predicted molar refractivity (Wildman–Crippen MR) is 72.6 cm³/mol. The van der Waals surface area contributed by atoms with Crippen LogP contribution >= 0.6 is 23.4 Å². The second-order valence-electron chi connectivity index (χ2n) is 3.53. The first-order chi connectivity index (χ1) is 8.27. The fraction of sp³-hybridized carbons (Fsp3) is 0.0714. The minimum absolute atomic E-state index is 0.394. The van der Waals surface area contributed by atoms with Gasteiger partial charge in [-0.1, -0.05) is 36.4 Å². The van der Waals surface area contributed by atoms with Crippen molar-refractivity contribution < 1.29 is 4.79 Å². The van der Waals surface area contributed by atoms with E-state index in [4.69, 9.17) is 11.6 Å². The van der Waals surface area contributed by atoms with Crippen molar-refractivity contribution >= 4 is 28.6 Å². The van der Waals surface area contributed by atoms with Crippen LogP contribution in [0.5, 0.6) is 0 Å². The summed E-state index contributed by atoms with van der Waals surface area (Å²) >= 11 is 7.24. The molecule has 0 bridgehead atoms. The van der Waals surface area contributed by atoms with Crippen molar-refractivity contribution in [2.45, 2.75) is 10.6 Å². The molecule has 0 aliphatic carbocycles. The Morgan fingerprint density at radius 3 is 2.35 bits per heavy atom. The molecule has 1 nitrogen and oxygen atoms in total. The molecule has 0 atom stereocenters. The zero-order valence-corrected chi connectivity index (χ0v) is 10.7. The highest BCUT2D eigenvalue weighted by molar-refractivity contribution is 7.98. The maximum Gasteiger partial charge on any atom is 0.252 e. The lowest BCUT2D eigenvalue weighted by atomic mass is 10.1. The van der Waals surface area contributed by atoms with Gasteiger partial charge in [-0.05, 0) is 35.4 Å². The van der Waals surface area contributed by atoms with E-state index in [1.54, 1.807) is 17.8 Å². The Hall–Kier alpha value is -1.25. The molecule has 0 amide bonds. The lowest BCUT2D eigenvalue weighted by Crippen LogP contribution is -1.95. The molecule has 0 saturated carbocycles. The van der Waals surface area contributed by atoms with Gasteiger partial charge in [-0.2, -0.15) is 0 Å². The highest BCUT2D eigenvalue weighted by atomic mass is 35.5. The molecular weight excluding hydrogens is 252 g/mol. The molecule has 2 aromatic rings. The summed E-state index contributed by atoms with van der Waals surface area (Å²) in [4.78, 5) is 12.4. The van der Waals surface area contributed by atoms with Crippen molar-refractivity contribution in [3.8, 4) is 0 Å². The van der Waals surface area contributed by atoms with E-state index in [-0.39, 0.29) is 0 Å². The molecule has 0 saturated heterocycles. The van der Waals surface area contributed by atoms with Crippen molar-refractivity contribution in [1.82, 2.24) is 0 Å². The summed E-state index contributed by atoms with van der Waals surface area (Å²) in [7, 11) is 0. The predicted octanol–water partition coefficient (Wildman–Crippen LogP) is 4.36. The van der Waals surface area contributed by atoms with Gasteiger partial charge in [-0.25, -0.2) is 0 Å². The molecule has 0 N–H and O–H groups in total. The average molecular weight is 263 g/mol. The number of hydrogen-bond acceptors (Lipinski definition) is 2. The van der Waals surface area contributed by atoms with E-state index in [9.17, 15) is 4.79 Å². The van der Waals surface area contributed by atoms with Gasteiger partial charge < -0.3 is 0 Å². The van der Waals surface area contributed by atoms with E-state index in [0.29, 0.717) is 5.56 Å². The third kappa shape index (κ3) is 3.35. The van der Waals surface area contributed by atoms with Crippen LogP contribution in [0.2, 0.25) is 0 Å². The Balaban J connectivity index is 2.12. The van der Waals surface area contributed by atoms with Gasteiger partial charge in [-0.3, -0.25) is 4.79 Å². The number of thioether (sulfide) groups is 1. The molecule has 0 aromatic heterocycles. The first-order valence-electron chi connectivity index (χ1n) is 5.23. The van der Waals surface area contributed by atoms with Crippen LogP contribution in [0, 0.1) is 0 Å². The highest BCUT2D eigenvalue weighted by Crippen LogP contribution is 2.24. The standard InChI is InChI=1S/C14H11ClOS/c15-14(16)13-9-5-4-6-11(13)10-17-12-7-2-1-3-8-12/h1-9H,10H2. The summed E-state index contributed by atoms with van der Waals surface area (Å²) in [6, 6.07) is 17.5. The van der Waals surface area contributed by atoms with Crippen molar-refractivity contribution in [1.29, 1.82) is 0 Å². The number of halogens is 1. The van der Waals surface area contributed by atoms with Crippen LogP contribution in [0.3, 0.4) is 0 Å². The molecule has 0 spiro atoms. The number of hydrogen-bond donors (Lipinski definition) is 0. The largest absolute Gasteiger partial charge is 0.276 e. The molecule has 0 heterocycles. The second-order valence-corrected chi connectivity index (χ2v) is 4.92. The first kappa shape index (κ1) is 12.2. The summed E-state index contributed by atoms with van der Waals surface area (Å²) in [5.74, 6) is 0.749. The Labute approximate surface area is 110 Å². The van der Waals surface area contributed by atoms with Gasteiger partial charge in [0.25, 0.3) is 5.24 Å². The minimum atomic E-state index is -0.394. The average Bonchev–Trinajstić information content (AvgIpc) is 2.38. The van der Waals surface area contributed by atoms with Gasteiger partial charge in [0.1, 0.15) is 0 Å². The zero-order valence-electron chi connectivity index (χ0n) is 9.10. The zero-order chi connectivity index (χ0) is 12.1. The monoisotopic (exact) mass is 262 g/mol. The van der Waals surface area contributed by atoms with E-state index >= 15 is 0 Å². The third-order valence-corrected chi connectivity index (χ3v) is 3.63. The molecular formula is C14H11ClOS. The maximum absolute atomic E-state index is 11.2. The first-order valence-corrected chi connectivity index (χ1v) is 6.59. The lowest BCUT2D eigenvalue weighted by Gasteiger charge is -2.05. The van der Waals surface area contributed by atoms with Crippen LogP contribution in [0.1, 0.15) is 15.9 Å². The quantitative estimate of drug-likeness (QED) is 0.602. The van der Waals surface area contributed by atoms with Crippen LogP contribution in [0.15, 0.2) is 59.5 Å². The third-order valence-electron chi connectivity index (χ3n) is 2.37. The smallest absolute Gasteiger partial charge is 0.252 e. The fourth-order valence-corrected chi connectivity index (χ4v) is 2.62. The Kier molecular flexibility index (Phi) is 4.24. The van der Waals surface area contributed by atoms with Gasteiger partial charge in [0.05, 0.1) is 0 Å². The van der Waals surface area contributed by atoms with Crippen LogP contribution in [-0.2, 0) is 5.75 Å². The van der Waals surface area contributed by atoms with Gasteiger partial charge in [-0.15, -0.1) is 11.8 Å². The highest BCUT2D eigenvalue weighted by Gasteiger charge is 2.07. The summed E-state index contributed by atoms with van der Waals surface area (Å²) in [6.45, 7) is 0. The molecule has 0 unspecified atom stereocenters. The van der Waals surface area contributed by atoms with E-state index in [1.807, 2.05) is 36.4 Å². The lowest BCUT2D eigenvalue weighted by molar-refractivity contribution is 0.108. The van der Waals surface area contributed by atoms with E-state index < -0.39 is 5.24 Å². The molecule has 0 aliphatic rings. The Morgan fingerprint density at radius 1 is 1.00 bits per heavy atom. The van der Waals surface area contributed by atoms with Crippen molar-refractivity contribution in [3.05, 3.63) is 65.7 Å². The number of benzene rings is 2. The minimum Gasteiger partial charge on any atom is -0.276 e. The molecule has 0 radical (unpaired) electrons. The maximum atomic E-state index is 11.2. The topological polar surface area (TPSA) is 17.1 Å². The van der Waals surface area contributed by atoms with Crippen LogP contribution < -0.4 is 0 Å². The Bertz CT molecular complexity index is 511. The molecule has 2 rings (SSSR count). The fourth-order valence-electron chi connectivity index (χ4n) is 1.52. The molecule has 0 fully saturated rings. The summed E-state index contributed by atoms with van der Waals surface area (Å²) < 4.78 is 0. The SMILES string of the molecule is O=C(Cl)c1ccccc1CSc1ccccc1. The van der Waals surface area contributed by atoms with Gasteiger partial charge in [0.15, 0.2) is 0 Å². The Morgan fingerprint density at radius 2 is 1.65 bits per heavy atom. The molecule has 3 heteroatoms. The number of rotatable bonds is 4. The number of carbonyl (C=O) groups is 1. The molecule has 2 aromatic carbocycles. The molecule has 86 valence electrons. The summed E-state index contributed by atoms with van der Waals surface area (Å²) in [5, 5.41) is -0.394. The van der Waals surface area contributed by atoms with Crippen molar-refractivity contribution in [3.63, 3.8) is 0 Å². The van der Waals surface area contributed by atoms with E-state index in [2.05, 4.69) is 12.1 Å². The molecule has 17 heavy (non-hydrogen) atoms. The van der Waals surface area contributed by atoms with Crippen LogP contribution in [0.25, 0.3) is 0 Å². The summed E-state index contributed by atoms with van der Waals surface area (Å²) in [5.41, 5.74) is 1.57. The normalized spacial score (nSPS) is 10.2. The van der Waals surface area contributed by atoms with Crippen molar-refractivity contribution in [2.24, 2.45) is 0 Å². The van der Waals surface area contributed by atoms with Gasteiger partial charge >= 0.3 is 0 Å². The van der Waals surface area contributed by atoms with Crippen LogP contribution in [0.4, 0.5) is 0 Å². The summed E-state index contributed by atoms with van der Waals surface area (Å²) in [6.07, 6.45) is 0. The van der Waals surface area contributed by atoms with E-state index in [1.165, 1.54) is 4.90 Å².